The van der Waals surface area contributed by atoms with Crippen LogP contribution in [0.3, 0.4) is 0 Å². The van der Waals surface area contributed by atoms with Crippen LogP contribution >= 0.6 is 0 Å². The van der Waals surface area contributed by atoms with E-state index >= 15 is 0 Å². The van der Waals surface area contributed by atoms with Gasteiger partial charge in [0.2, 0.25) is 0 Å². The number of hydrogen-bond acceptors (Lipinski definition) is 4. The van der Waals surface area contributed by atoms with Crippen LogP contribution in [0.2, 0.25) is 0 Å². The molecule has 0 radical (unpaired) electrons. The van der Waals surface area contributed by atoms with Crippen molar-refractivity contribution in [3.05, 3.63) is 78.5 Å². The lowest BCUT2D eigenvalue weighted by atomic mass is 10.0. The van der Waals surface area contributed by atoms with Crippen LogP contribution in [0.1, 0.15) is 17.0 Å². The predicted octanol–water partition coefficient (Wildman–Crippen LogP) is 1.71. The van der Waals surface area contributed by atoms with Crippen molar-refractivity contribution in [1.82, 2.24) is 25.2 Å². The Labute approximate surface area is 158 Å². The number of pyridine rings is 1. The van der Waals surface area contributed by atoms with Gasteiger partial charge in [0.1, 0.15) is 12.1 Å². The quantitative estimate of drug-likeness (QED) is 0.439. The average molecular weight is 364 g/mol. The van der Waals surface area contributed by atoms with Crippen LogP contribution in [-0.2, 0) is 6.54 Å². The molecule has 3 N–H and O–H groups in total. The molecule has 1 aromatic carbocycles. The Bertz CT molecular complexity index is 848. The molecule has 1 atom stereocenters. The van der Waals surface area contributed by atoms with E-state index in [1.807, 2.05) is 53.2 Å². The van der Waals surface area contributed by atoms with E-state index in [4.69, 9.17) is 0 Å². The van der Waals surface area contributed by atoms with Crippen molar-refractivity contribution in [2.75, 3.05) is 20.2 Å². The number of nitrogens with zero attached hydrogens (tertiary/aromatic N) is 4. The molecule has 2 aromatic heterocycles. The summed E-state index contributed by atoms with van der Waals surface area (Å²) in [6, 6.07) is 13.9. The van der Waals surface area contributed by atoms with Crippen LogP contribution in [0.15, 0.2) is 72.4 Å². The highest BCUT2D eigenvalue weighted by Gasteiger charge is 2.11. The summed E-state index contributed by atoms with van der Waals surface area (Å²) >= 11 is 0. The Balaban J connectivity index is 1.56. The van der Waals surface area contributed by atoms with Crippen molar-refractivity contribution in [2.24, 2.45) is 4.99 Å². The maximum absolute atomic E-state index is 9.68. The third kappa shape index (κ3) is 5.15. The smallest absolute Gasteiger partial charge is 0.191 e. The summed E-state index contributed by atoms with van der Waals surface area (Å²) in [5.41, 5.74) is 2.18. The van der Waals surface area contributed by atoms with Gasteiger partial charge in [0, 0.05) is 44.6 Å². The van der Waals surface area contributed by atoms with Crippen LogP contribution < -0.4 is 10.6 Å². The number of aromatic nitrogens is 3. The van der Waals surface area contributed by atoms with Crippen LogP contribution in [0, 0.1) is 0 Å². The molecular formula is C20H24N6O. The maximum Gasteiger partial charge on any atom is 0.191 e. The van der Waals surface area contributed by atoms with Gasteiger partial charge in [0.25, 0.3) is 0 Å². The number of nitrogens with one attached hydrogen (secondary N) is 2. The van der Waals surface area contributed by atoms with Crippen molar-refractivity contribution in [1.29, 1.82) is 0 Å². The number of aliphatic imine (C=N–C) groups is 1. The second-order valence-corrected chi connectivity index (χ2v) is 6.09. The first-order valence-corrected chi connectivity index (χ1v) is 8.83. The standard InChI is InChI=1S/C20H24N6O/c1-21-20(25-13-18(14-27)17-5-3-2-4-6-17)24-12-16-7-8-23-19(11-16)26-10-9-22-15-26/h2-11,15,18,27H,12-14H2,1H3,(H2,21,24,25). The minimum absolute atomic E-state index is 0.0125. The van der Waals surface area contributed by atoms with E-state index in [9.17, 15) is 5.11 Å². The summed E-state index contributed by atoms with van der Waals surface area (Å²) in [5.74, 6) is 1.52. The lowest BCUT2D eigenvalue weighted by Gasteiger charge is -2.18. The molecule has 3 aromatic rings. The Morgan fingerprint density at radius 2 is 2.04 bits per heavy atom. The summed E-state index contributed by atoms with van der Waals surface area (Å²) in [6.45, 7) is 1.28. The molecule has 0 bridgehead atoms. The molecule has 3 rings (SSSR count). The van der Waals surface area contributed by atoms with Gasteiger partial charge in [-0.2, -0.15) is 0 Å². The van der Waals surface area contributed by atoms with Crippen molar-refractivity contribution in [2.45, 2.75) is 12.5 Å². The van der Waals surface area contributed by atoms with Crippen LogP contribution in [0.25, 0.3) is 5.82 Å². The molecule has 0 saturated heterocycles. The molecule has 0 fully saturated rings. The zero-order valence-corrected chi connectivity index (χ0v) is 15.3. The highest BCUT2D eigenvalue weighted by molar-refractivity contribution is 5.79. The molecule has 7 nitrogen and oxygen atoms in total. The number of aliphatic hydroxyl groups excluding tert-OH is 1. The topological polar surface area (TPSA) is 87.4 Å². The number of hydrogen-bond donors (Lipinski definition) is 3. The molecule has 27 heavy (non-hydrogen) atoms. The first-order chi connectivity index (χ1) is 13.3. The van der Waals surface area contributed by atoms with E-state index in [1.165, 1.54) is 0 Å². The summed E-state index contributed by atoms with van der Waals surface area (Å²) in [4.78, 5) is 12.7. The second kappa shape index (κ2) is 9.49. The van der Waals surface area contributed by atoms with Gasteiger partial charge in [-0.3, -0.25) is 9.56 Å². The minimum atomic E-state index is 0.0125. The first-order valence-electron chi connectivity index (χ1n) is 8.83. The lowest BCUT2D eigenvalue weighted by Crippen LogP contribution is -2.39. The van der Waals surface area contributed by atoms with Crippen molar-refractivity contribution >= 4 is 5.96 Å². The Kier molecular flexibility index (Phi) is 6.54. The number of aliphatic hydroxyl groups is 1. The molecule has 2 heterocycles. The fraction of sp³-hybridized carbons (Fsp3) is 0.250. The van der Waals surface area contributed by atoms with Crippen LogP contribution in [0.5, 0.6) is 0 Å². The van der Waals surface area contributed by atoms with E-state index < -0.39 is 0 Å². The molecule has 1 unspecified atom stereocenters. The zero-order valence-electron chi connectivity index (χ0n) is 15.3. The van der Waals surface area contributed by atoms with E-state index in [0.717, 1.165) is 16.9 Å². The molecule has 0 aliphatic rings. The molecule has 0 aliphatic carbocycles. The number of benzene rings is 1. The van der Waals surface area contributed by atoms with Gasteiger partial charge < -0.3 is 15.7 Å². The summed E-state index contributed by atoms with van der Waals surface area (Å²) in [6.07, 6.45) is 7.08. The fourth-order valence-corrected chi connectivity index (χ4v) is 2.75. The normalized spacial score (nSPS) is 12.6. The molecule has 0 saturated carbocycles. The van der Waals surface area contributed by atoms with Gasteiger partial charge in [0.15, 0.2) is 5.96 Å². The number of imidazole rings is 1. The molecule has 140 valence electrons. The minimum Gasteiger partial charge on any atom is -0.396 e. The summed E-state index contributed by atoms with van der Waals surface area (Å²) in [5, 5.41) is 16.3. The van der Waals surface area contributed by atoms with Gasteiger partial charge >= 0.3 is 0 Å². The van der Waals surface area contributed by atoms with E-state index in [0.29, 0.717) is 19.0 Å². The second-order valence-electron chi connectivity index (χ2n) is 6.09. The van der Waals surface area contributed by atoms with E-state index in [1.54, 1.807) is 25.8 Å². The Morgan fingerprint density at radius 3 is 2.74 bits per heavy atom. The van der Waals surface area contributed by atoms with Gasteiger partial charge in [0.05, 0.1) is 6.61 Å². The summed E-state index contributed by atoms with van der Waals surface area (Å²) in [7, 11) is 1.73. The molecule has 0 spiro atoms. The van der Waals surface area contributed by atoms with E-state index in [2.05, 4.69) is 25.6 Å². The van der Waals surface area contributed by atoms with E-state index in [-0.39, 0.29) is 12.5 Å². The lowest BCUT2D eigenvalue weighted by molar-refractivity contribution is 0.265. The van der Waals surface area contributed by atoms with Crippen molar-refractivity contribution < 1.29 is 5.11 Å². The van der Waals surface area contributed by atoms with Crippen LogP contribution in [-0.4, -0.2) is 45.8 Å². The Hall–Kier alpha value is -3.19. The third-order valence-corrected chi connectivity index (χ3v) is 4.27. The summed E-state index contributed by atoms with van der Waals surface area (Å²) < 4.78 is 1.86. The predicted molar refractivity (Wildman–Crippen MR) is 106 cm³/mol. The van der Waals surface area contributed by atoms with Gasteiger partial charge in [-0.15, -0.1) is 0 Å². The molecular weight excluding hydrogens is 340 g/mol. The van der Waals surface area contributed by atoms with Gasteiger partial charge in [-0.05, 0) is 23.3 Å². The molecule has 0 amide bonds. The van der Waals surface area contributed by atoms with Gasteiger partial charge in [-0.1, -0.05) is 30.3 Å². The van der Waals surface area contributed by atoms with Crippen molar-refractivity contribution in [3.8, 4) is 5.82 Å². The number of rotatable bonds is 7. The maximum atomic E-state index is 9.68. The van der Waals surface area contributed by atoms with Crippen LogP contribution in [0.4, 0.5) is 0 Å². The molecule has 7 heteroatoms. The average Bonchev–Trinajstić information content (AvgIpc) is 3.27. The highest BCUT2D eigenvalue weighted by atomic mass is 16.3. The molecule has 0 aliphatic heterocycles. The highest BCUT2D eigenvalue weighted by Crippen LogP contribution is 2.13. The SMILES string of the molecule is CN=C(NCc1ccnc(-n2ccnc2)c1)NCC(CO)c1ccccc1. The number of guanidine groups is 1. The van der Waals surface area contributed by atoms with Crippen molar-refractivity contribution in [3.63, 3.8) is 0 Å². The zero-order chi connectivity index (χ0) is 18.9. The van der Waals surface area contributed by atoms with Gasteiger partial charge in [-0.25, -0.2) is 9.97 Å². The largest absolute Gasteiger partial charge is 0.396 e. The third-order valence-electron chi connectivity index (χ3n) is 4.27. The fourth-order valence-electron chi connectivity index (χ4n) is 2.75. The Morgan fingerprint density at radius 1 is 1.19 bits per heavy atom. The first kappa shape index (κ1) is 18.6. The monoisotopic (exact) mass is 364 g/mol.